The van der Waals surface area contributed by atoms with Gasteiger partial charge in [-0.15, -0.1) is 0 Å². The van der Waals surface area contributed by atoms with Gasteiger partial charge in [0.1, 0.15) is 5.82 Å². The largest absolute Gasteiger partial charge is 0.382 e. The summed E-state index contributed by atoms with van der Waals surface area (Å²) in [7, 11) is 2.20. The summed E-state index contributed by atoms with van der Waals surface area (Å²) in [5.74, 6) is 0.948. The van der Waals surface area contributed by atoms with Crippen LogP contribution in [-0.4, -0.2) is 42.1 Å². The van der Waals surface area contributed by atoms with Crippen molar-refractivity contribution in [1.82, 2.24) is 9.88 Å². The average molecular weight is 248 g/mol. The fourth-order valence-corrected chi connectivity index (χ4v) is 2.45. The maximum absolute atomic E-state index is 4.29. The lowest BCUT2D eigenvalue weighted by Crippen LogP contribution is -2.42. The van der Waals surface area contributed by atoms with Gasteiger partial charge in [-0.05, 0) is 39.8 Å². The molecule has 1 aliphatic rings. The van der Waals surface area contributed by atoms with Crippen LogP contribution < -0.4 is 10.6 Å². The van der Waals surface area contributed by atoms with Gasteiger partial charge in [-0.3, -0.25) is 0 Å². The number of pyridine rings is 1. The van der Waals surface area contributed by atoms with E-state index in [-0.39, 0.29) is 0 Å². The first-order valence-electron chi connectivity index (χ1n) is 6.85. The van der Waals surface area contributed by atoms with Gasteiger partial charge in [-0.25, -0.2) is 4.98 Å². The summed E-state index contributed by atoms with van der Waals surface area (Å²) in [6.07, 6.45) is 4.27. The molecule has 100 valence electrons. The molecule has 4 nitrogen and oxygen atoms in total. The van der Waals surface area contributed by atoms with Gasteiger partial charge in [0.05, 0.1) is 0 Å². The van der Waals surface area contributed by atoms with Crippen molar-refractivity contribution in [3.8, 4) is 0 Å². The highest BCUT2D eigenvalue weighted by Gasteiger charge is 2.22. The molecular formula is C14H24N4. The van der Waals surface area contributed by atoms with Crippen LogP contribution in [0.5, 0.6) is 0 Å². The number of piperidine rings is 1. The van der Waals surface area contributed by atoms with E-state index in [2.05, 4.69) is 47.5 Å². The Balaban J connectivity index is 1.94. The molecule has 0 radical (unpaired) electrons. The SMILES string of the molecule is CCNc1cc(NC2CCN(C)C(C)C2)ccn1. The molecule has 0 aromatic carbocycles. The number of rotatable bonds is 4. The molecule has 0 amide bonds. The molecule has 0 saturated carbocycles. The smallest absolute Gasteiger partial charge is 0.127 e. The van der Waals surface area contributed by atoms with Crippen molar-refractivity contribution < 1.29 is 0 Å². The van der Waals surface area contributed by atoms with Crippen LogP contribution >= 0.6 is 0 Å². The van der Waals surface area contributed by atoms with E-state index in [4.69, 9.17) is 0 Å². The van der Waals surface area contributed by atoms with E-state index >= 15 is 0 Å². The van der Waals surface area contributed by atoms with E-state index in [1.807, 2.05) is 12.3 Å². The summed E-state index contributed by atoms with van der Waals surface area (Å²) in [6.45, 7) is 6.45. The van der Waals surface area contributed by atoms with Crippen LogP contribution in [0.4, 0.5) is 11.5 Å². The zero-order valence-electron chi connectivity index (χ0n) is 11.6. The molecular weight excluding hydrogens is 224 g/mol. The maximum atomic E-state index is 4.29. The quantitative estimate of drug-likeness (QED) is 0.858. The highest BCUT2D eigenvalue weighted by molar-refractivity contribution is 5.52. The Kier molecular flexibility index (Phi) is 4.42. The number of anilines is 2. The highest BCUT2D eigenvalue weighted by Crippen LogP contribution is 2.20. The molecule has 1 fully saturated rings. The van der Waals surface area contributed by atoms with Crippen LogP contribution in [0.3, 0.4) is 0 Å². The summed E-state index contributed by atoms with van der Waals surface area (Å²) < 4.78 is 0. The Bertz CT molecular complexity index is 380. The summed E-state index contributed by atoms with van der Waals surface area (Å²) >= 11 is 0. The van der Waals surface area contributed by atoms with Crippen LogP contribution in [-0.2, 0) is 0 Å². The summed E-state index contributed by atoms with van der Waals surface area (Å²) in [5.41, 5.74) is 1.17. The van der Waals surface area contributed by atoms with Gasteiger partial charge in [0, 0.05) is 43.1 Å². The van der Waals surface area contributed by atoms with Gasteiger partial charge in [0.2, 0.25) is 0 Å². The first kappa shape index (κ1) is 13.1. The molecule has 0 spiro atoms. The van der Waals surface area contributed by atoms with E-state index in [9.17, 15) is 0 Å². The van der Waals surface area contributed by atoms with Crippen molar-refractivity contribution >= 4 is 11.5 Å². The van der Waals surface area contributed by atoms with Gasteiger partial charge in [-0.1, -0.05) is 0 Å². The molecule has 2 rings (SSSR count). The number of aromatic nitrogens is 1. The number of nitrogens with one attached hydrogen (secondary N) is 2. The van der Waals surface area contributed by atoms with Gasteiger partial charge in [0.25, 0.3) is 0 Å². The Labute approximate surface area is 110 Å². The van der Waals surface area contributed by atoms with Crippen molar-refractivity contribution in [2.75, 3.05) is 30.8 Å². The van der Waals surface area contributed by atoms with Crippen LogP contribution in [0.15, 0.2) is 18.3 Å². The molecule has 4 heteroatoms. The molecule has 2 unspecified atom stereocenters. The third kappa shape index (κ3) is 3.35. The van der Waals surface area contributed by atoms with E-state index in [0.29, 0.717) is 12.1 Å². The van der Waals surface area contributed by atoms with E-state index < -0.39 is 0 Å². The first-order chi connectivity index (χ1) is 8.69. The second kappa shape index (κ2) is 6.05. The van der Waals surface area contributed by atoms with Crippen molar-refractivity contribution in [3.05, 3.63) is 18.3 Å². The Hall–Kier alpha value is -1.29. The molecule has 2 heterocycles. The minimum atomic E-state index is 0.577. The predicted molar refractivity (Wildman–Crippen MR) is 77.1 cm³/mol. The molecule has 2 atom stereocenters. The summed E-state index contributed by atoms with van der Waals surface area (Å²) in [4.78, 5) is 6.72. The predicted octanol–water partition coefficient (Wildman–Crippen LogP) is 2.41. The van der Waals surface area contributed by atoms with Crippen molar-refractivity contribution in [1.29, 1.82) is 0 Å². The van der Waals surface area contributed by atoms with Gasteiger partial charge in [0.15, 0.2) is 0 Å². The standard InChI is InChI=1S/C14H24N4/c1-4-15-14-10-12(5-7-16-14)17-13-6-8-18(3)11(2)9-13/h5,7,10-11,13H,4,6,8-9H2,1-3H3,(H2,15,16,17). The highest BCUT2D eigenvalue weighted by atomic mass is 15.1. The Morgan fingerprint density at radius 1 is 1.50 bits per heavy atom. The number of hydrogen-bond acceptors (Lipinski definition) is 4. The van der Waals surface area contributed by atoms with E-state index in [0.717, 1.165) is 12.4 Å². The zero-order valence-corrected chi connectivity index (χ0v) is 11.6. The molecule has 18 heavy (non-hydrogen) atoms. The van der Waals surface area contributed by atoms with Crippen molar-refractivity contribution in [2.45, 2.75) is 38.8 Å². The lowest BCUT2D eigenvalue weighted by molar-refractivity contribution is 0.190. The minimum absolute atomic E-state index is 0.577. The normalized spacial score (nSPS) is 24.8. The van der Waals surface area contributed by atoms with Crippen LogP contribution in [0.25, 0.3) is 0 Å². The van der Waals surface area contributed by atoms with Gasteiger partial charge < -0.3 is 15.5 Å². The lowest BCUT2D eigenvalue weighted by Gasteiger charge is -2.35. The molecule has 0 bridgehead atoms. The molecule has 1 aromatic rings. The summed E-state index contributed by atoms with van der Waals surface area (Å²) in [6, 6.07) is 5.37. The van der Waals surface area contributed by atoms with Crippen molar-refractivity contribution in [2.24, 2.45) is 0 Å². The number of nitrogens with zero attached hydrogens (tertiary/aromatic N) is 2. The minimum Gasteiger partial charge on any atom is -0.382 e. The fraction of sp³-hybridized carbons (Fsp3) is 0.643. The number of hydrogen-bond donors (Lipinski definition) is 2. The third-order valence-corrected chi connectivity index (χ3v) is 3.70. The van der Waals surface area contributed by atoms with Crippen LogP contribution in [0, 0.1) is 0 Å². The third-order valence-electron chi connectivity index (χ3n) is 3.70. The molecule has 1 aromatic heterocycles. The van der Waals surface area contributed by atoms with E-state index in [1.165, 1.54) is 25.1 Å². The molecule has 2 N–H and O–H groups in total. The second-order valence-corrected chi connectivity index (χ2v) is 5.16. The second-order valence-electron chi connectivity index (χ2n) is 5.16. The molecule has 1 aliphatic heterocycles. The topological polar surface area (TPSA) is 40.2 Å². The Morgan fingerprint density at radius 2 is 2.33 bits per heavy atom. The van der Waals surface area contributed by atoms with Crippen molar-refractivity contribution in [3.63, 3.8) is 0 Å². The maximum Gasteiger partial charge on any atom is 0.127 e. The average Bonchev–Trinajstić information content (AvgIpc) is 2.35. The first-order valence-corrected chi connectivity index (χ1v) is 6.85. The van der Waals surface area contributed by atoms with E-state index in [1.54, 1.807) is 0 Å². The monoisotopic (exact) mass is 248 g/mol. The van der Waals surface area contributed by atoms with Crippen LogP contribution in [0.1, 0.15) is 26.7 Å². The Morgan fingerprint density at radius 3 is 3.06 bits per heavy atom. The van der Waals surface area contributed by atoms with Crippen LogP contribution in [0.2, 0.25) is 0 Å². The van der Waals surface area contributed by atoms with Gasteiger partial charge in [-0.2, -0.15) is 0 Å². The number of likely N-dealkylation sites (tertiary alicyclic amines) is 1. The zero-order chi connectivity index (χ0) is 13.0. The molecule has 0 aliphatic carbocycles. The lowest BCUT2D eigenvalue weighted by atomic mass is 9.99. The molecule has 1 saturated heterocycles. The fourth-order valence-electron chi connectivity index (χ4n) is 2.45. The van der Waals surface area contributed by atoms with Gasteiger partial charge >= 0.3 is 0 Å². The summed E-state index contributed by atoms with van der Waals surface area (Å²) in [5, 5.41) is 6.87.